The Morgan fingerprint density at radius 3 is 2.31 bits per heavy atom. The number of amides is 2. The molecule has 0 spiro atoms. The van der Waals surface area contributed by atoms with Crippen LogP contribution in [-0.4, -0.2) is 50.6 Å². The molecular formula is C21H25N3O7S. The zero-order valence-electron chi connectivity index (χ0n) is 17.4. The summed E-state index contributed by atoms with van der Waals surface area (Å²) in [5.41, 5.74) is 1.67. The van der Waals surface area contributed by atoms with Crippen LogP contribution in [0.15, 0.2) is 59.5 Å². The molecule has 0 aromatic heterocycles. The largest absolute Gasteiger partial charge is 0.480 e. The standard InChI is InChI=1S/C21H25N3O7S/c1-15-7-9-17(10-8-15)32(29,30)23-12-11-18(20(26)27)24-19(25)13-22-21(28)31-14-16-5-3-2-4-6-16/h2-10,18,23H,11-14H2,1H3,(H,22,28)(H,24,25)(H,26,27)/t18-/m1/s1. The molecule has 11 heteroatoms. The van der Waals surface area contributed by atoms with E-state index in [0.717, 1.165) is 11.1 Å². The molecule has 0 aliphatic heterocycles. The van der Waals surface area contributed by atoms with E-state index in [-0.39, 0.29) is 24.5 Å². The topological polar surface area (TPSA) is 151 Å². The predicted octanol–water partition coefficient (Wildman–Crippen LogP) is 1.16. The Balaban J connectivity index is 1.76. The first-order chi connectivity index (χ1) is 15.2. The van der Waals surface area contributed by atoms with E-state index < -0.39 is 40.6 Å². The molecule has 2 amide bonds. The SMILES string of the molecule is Cc1ccc(S(=O)(=O)NCC[C@@H](NC(=O)CNC(=O)OCc2ccccc2)C(=O)O)cc1. The van der Waals surface area contributed by atoms with Gasteiger partial charge < -0.3 is 20.5 Å². The first-order valence-corrected chi connectivity index (χ1v) is 11.2. The van der Waals surface area contributed by atoms with Gasteiger partial charge in [-0.15, -0.1) is 0 Å². The van der Waals surface area contributed by atoms with Crippen LogP contribution in [0, 0.1) is 6.92 Å². The number of aryl methyl sites for hydroxylation is 1. The van der Waals surface area contributed by atoms with Gasteiger partial charge in [-0.1, -0.05) is 48.0 Å². The van der Waals surface area contributed by atoms with Gasteiger partial charge in [0.2, 0.25) is 15.9 Å². The number of carboxylic acids is 1. The highest BCUT2D eigenvalue weighted by molar-refractivity contribution is 7.89. The molecule has 2 aromatic rings. The van der Waals surface area contributed by atoms with E-state index in [4.69, 9.17) is 4.74 Å². The van der Waals surface area contributed by atoms with Crippen molar-refractivity contribution in [3.05, 3.63) is 65.7 Å². The molecule has 4 N–H and O–H groups in total. The first kappa shape index (κ1) is 24.8. The predicted molar refractivity (Wildman–Crippen MR) is 115 cm³/mol. The van der Waals surface area contributed by atoms with Crippen LogP contribution in [0.25, 0.3) is 0 Å². The molecule has 1 atom stereocenters. The number of carboxylic acid groups (broad SMARTS) is 1. The van der Waals surface area contributed by atoms with Gasteiger partial charge in [-0.05, 0) is 31.0 Å². The molecule has 172 valence electrons. The highest BCUT2D eigenvalue weighted by Crippen LogP contribution is 2.10. The van der Waals surface area contributed by atoms with Crippen molar-refractivity contribution in [3.63, 3.8) is 0 Å². The number of hydrogen-bond donors (Lipinski definition) is 4. The Labute approximate surface area is 186 Å². The summed E-state index contributed by atoms with van der Waals surface area (Å²) in [6.45, 7) is 1.14. The highest BCUT2D eigenvalue weighted by Gasteiger charge is 2.21. The smallest absolute Gasteiger partial charge is 0.407 e. The van der Waals surface area contributed by atoms with Crippen LogP contribution >= 0.6 is 0 Å². The first-order valence-electron chi connectivity index (χ1n) is 9.70. The molecule has 0 heterocycles. The number of rotatable bonds is 11. The minimum Gasteiger partial charge on any atom is -0.480 e. The summed E-state index contributed by atoms with van der Waals surface area (Å²) < 4.78 is 31.8. The summed E-state index contributed by atoms with van der Waals surface area (Å²) >= 11 is 0. The highest BCUT2D eigenvalue weighted by atomic mass is 32.2. The van der Waals surface area contributed by atoms with Gasteiger partial charge in [0.25, 0.3) is 0 Å². The van der Waals surface area contributed by atoms with Gasteiger partial charge in [0.05, 0.1) is 4.90 Å². The lowest BCUT2D eigenvalue weighted by Crippen LogP contribution is -2.46. The van der Waals surface area contributed by atoms with Gasteiger partial charge in [-0.3, -0.25) is 4.79 Å². The third kappa shape index (κ3) is 8.36. The van der Waals surface area contributed by atoms with Crippen LogP contribution in [0.1, 0.15) is 17.5 Å². The van der Waals surface area contributed by atoms with Crippen molar-refractivity contribution < 1.29 is 32.6 Å². The van der Waals surface area contributed by atoms with E-state index in [1.165, 1.54) is 12.1 Å². The summed E-state index contributed by atoms with van der Waals surface area (Å²) in [5, 5.41) is 13.7. The Morgan fingerprint density at radius 1 is 1.03 bits per heavy atom. The number of ether oxygens (including phenoxy) is 1. The monoisotopic (exact) mass is 463 g/mol. The lowest BCUT2D eigenvalue weighted by Gasteiger charge is -2.15. The Hall–Kier alpha value is -3.44. The van der Waals surface area contributed by atoms with E-state index >= 15 is 0 Å². The second-order valence-electron chi connectivity index (χ2n) is 6.87. The molecule has 0 fully saturated rings. The number of benzene rings is 2. The van der Waals surface area contributed by atoms with Crippen molar-refractivity contribution in [2.75, 3.05) is 13.1 Å². The molecule has 2 rings (SSSR count). The fourth-order valence-corrected chi connectivity index (χ4v) is 3.62. The van der Waals surface area contributed by atoms with Crippen molar-refractivity contribution in [2.45, 2.75) is 30.9 Å². The number of nitrogens with one attached hydrogen (secondary N) is 3. The summed E-state index contributed by atoms with van der Waals surface area (Å²) in [6.07, 6.45) is -1.02. The van der Waals surface area contributed by atoms with Crippen LogP contribution in [-0.2, 0) is 31.0 Å². The van der Waals surface area contributed by atoms with Crippen molar-refractivity contribution in [2.24, 2.45) is 0 Å². The molecule has 2 aromatic carbocycles. The minimum absolute atomic E-state index is 0.0210. The number of hydrogen-bond acceptors (Lipinski definition) is 6. The van der Waals surface area contributed by atoms with Gasteiger partial charge in [0.15, 0.2) is 0 Å². The average molecular weight is 464 g/mol. The quantitative estimate of drug-likeness (QED) is 0.390. The average Bonchev–Trinajstić information content (AvgIpc) is 2.76. The van der Waals surface area contributed by atoms with Crippen LogP contribution in [0.4, 0.5) is 4.79 Å². The minimum atomic E-state index is -3.81. The number of carbonyl (C=O) groups is 3. The molecule has 32 heavy (non-hydrogen) atoms. The van der Waals surface area contributed by atoms with Crippen molar-refractivity contribution >= 4 is 28.0 Å². The zero-order chi connectivity index (χ0) is 23.6. The Bertz CT molecular complexity index is 1030. The lowest BCUT2D eigenvalue weighted by atomic mass is 10.2. The lowest BCUT2D eigenvalue weighted by molar-refractivity contribution is -0.141. The number of alkyl carbamates (subject to hydrolysis) is 1. The molecule has 0 unspecified atom stereocenters. The second-order valence-corrected chi connectivity index (χ2v) is 8.64. The summed E-state index contributed by atoms with van der Waals surface area (Å²) in [6, 6.07) is 13.8. The van der Waals surface area contributed by atoms with Crippen molar-refractivity contribution in [1.29, 1.82) is 0 Å². The van der Waals surface area contributed by atoms with Crippen molar-refractivity contribution in [1.82, 2.24) is 15.4 Å². The van der Waals surface area contributed by atoms with E-state index in [0.29, 0.717) is 0 Å². The van der Waals surface area contributed by atoms with Gasteiger partial charge in [-0.25, -0.2) is 22.7 Å². The van der Waals surface area contributed by atoms with E-state index in [9.17, 15) is 27.9 Å². The van der Waals surface area contributed by atoms with Crippen LogP contribution in [0.2, 0.25) is 0 Å². The van der Waals surface area contributed by atoms with Gasteiger partial charge >= 0.3 is 12.1 Å². The maximum absolute atomic E-state index is 12.3. The maximum Gasteiger partial charge on any atom is 0.407 e. The number of sulfonamides is 1. The van der Waals surface area contributed by atoms with E-state index in [1.807, 2.05) is 13.0 Å². The van der Waals surface area contributed by atoms with Gasteiger partial charge in [0, 0.05) is 6.54 Å². The van der Waals surface area contributed by atoms with Crippen LogP contribution in [0.3, 0.4) is 0 Å². The van der Waals surface area contributed by atoms with E-state index in [1.54, 1.807) is 36.4 Å². The maximum atomic E-state index is 12.3. The summed E-state index contributed by atoms with van der Waals surface area (Å²) in [4.78, 5) is 35.1. The normalized spacial score (nSPS) is 11.9. The fraction of sp³-hybridized carbons (Fsp3) is 0.286. The molecule has 0 aliphatic carbocycles. The molecule has 0 bridgehead atoms. The van der Waals surface area contributed by atoms with Gasteiger partial charge in [0.1, 0.15) is 19.2 Å². The molecule has 10 nitrogen and oxygen atoms in total. The zero-order valence-corrected chi connectivity index (χ0v) is 18.2. The summed E-state index contributed by atoms with van der Waals surface area (Å²) in [5.74, 6) is -2.09. The van der Waals surface area contributed by atoms with Crippen molar-refractivity contribution in [3.8, 4) is 0 Å². The number of aliphatic carboxylic acids is 1. The second kappa shape index (κ2) is 11.8. The Kier molecular flexibility index (Phi) is 9.17. The van der Waals surface area contributed by atoms with Crippen LogP contribution < -0.4 is 15.4 Å². The molecule has 0 radical (unpaired) electrons. The third-order valence-corrected chi connectivity index (χ3v) is 5.77. The molecular weight excluding hydrogens is 438 g/mol. The summed E-state index contributed by atoms with van der Waals surface area (Å²) in [7, 11) is -3.81. The molecule has 0 aliphatic rings. The molecule has 0 saturated carbocycles. The molecule has 0 saturated heterocycles. The Morgan fingerprint density at radius 2 is 1.69 bits per heavy atom. The van der Waals surface area contributed by atoms with Gasteiger partial charge in [-0.2, -0.15) is 0 Å². The number of carbonyl (C=O) groups excluding carboxylic acids is 2. The fourth-order valence-electron chi connectivity index (χ4n) is 2.57. The third-order valence-electron chi connectivity index (χ3n) is 4.30. The van der Waals surface area contributed by atoms with Crippen LogP contribution in [0.5, 0.6) is 0 Å². The van der Waals surface area contributed by atoms with E-state index in [2.05, 4.69) is 15.4 Å².